The van der Waals surface area contributed by atoms with Crippen molar-refractivity contribution in [3.05, 3.63) is 45.9 Å². The van der Waals surface area contributed by atoms with Crippen LogP contribution in [0.15, 0.2) is 34.2 Å². The lowest BCUT2D eigenvalue weighted by Crippen LogP contribution is -2.25. The maximum Gasteiger partial charge on any atom is 0.343 e. The van der Waals surface area contributed by atoms with Gasteiger partial charge in [0.2, 0.25) is 0 Å². The molecule has 1 aromatic heterocycles. The summed E-state index contributed by atoms with van der Waals surface area (Å²) < 4.78 is 1.53. The van der Waals surface area contributed by atoms with Crippen molar-refractivity contribution >= 4 is 11.8 Å². The summed E-state index contributed by atoms with van der Waals surface area (Å²) in [7, 11) is 3.67. The lowest BCUT2D eigenvalue weighted by Gasteiger charge is -2.23. The molecule has 2 rings (SSSR count). The fourth-order valence-electron chi connectivity index (χ4n) is 2.12. The van der Waals surface area contributed by atoms with E-state index in [1.807, 2.05) is 7.05 Å². The van der Waals surface area contributed by atoms with Crippen LogP contribution >= 0.6 is 11.8 Å². The highest BCUT2D eigenvalue weighted by Crippen LogP contribution is 2.30. The van der Waals surface area contributed by atoms with Crippen LogP contribution in [0.5, 0.6) is 0 Å². The van der Waals surface area contributed by atoms with Crippen molar-refractivity contribution in [3.63, 3.8) is 0 Å². The molecular formula is C14H20N4OS. The number of hydrogen-bond acceptors (Lipinski definition) is 4. The largest absolute Gasteiger partial charge is 0.343 e. The van der Waals surface area contributed by atoms with Gasteiger partial charge in [0.05, 0.1) is 0 Å². The first-order valence-corrected chi connectivity index (χ1v) is 7.42. The number of rotatable bonds is 5. The van der Waals surface area contributed by atoms with Crippen molar-refractivity contribution in [2.24, 2.45) is 7.05 Å². The number of nitrogens with zero attached hydrogens (tertiary/aromatic N) is 2. The monoisotopic (exact) mass is 292 g/mol. The Labute approximate surface area is 122 Å². The molecule has 0 fully saturated rings. The highest BCUT2D eigenvalue weighted by molar-refractivity contribution is 7.99. The summed E-state index contributed by atoms with van der Waals surface area (Å²) in [4.78, 5) is 11.4. The van der Waals surface area contributed by atoms with Crippen LogP contribution in [0.4, 0.5) is 0 Å². The molecule has 1 aromatic carbocycles. The number of nitrogens with one attached hydrogen (secondary N) is 2. The minimum Gasteiger partial charge on any atom is -0.312 e. The van der Waals surface area contributed by atoms with Gasteiger partial charge < -0.3 is 5.32 Å². The van der Waals surface area contributed by atoms with Gasteiger partial charge in [-0.25, -0.2) is 9.89 Å². The summed E-state index contributed by atoms with van der Waals surface area (Å²) >= 11 is 1.58. The third-order valence-corrected chi connectivity index (χ3v) is 4.57. The molecule has 0 spiro atoms. The van der Waals surface area contributed by atoms with E-state index in [0.717, 1.165) is 0 Å². The summed E-state index contributed by atoms with van der Waals surface area (Å²) in [5.74, 6) is 0. The fourth-order valence-corrected chi connectivity index (χ4v) is 3.22. The van der Waals surface area contributed by atoms with Crippen molar-refractivity contribution < 1.29 is 0 Å². The van der Waals surface area contributed by atoms with Crippen LogP contribution in [-0.4, -0.2) is 27.1 Å². The lowest BCUT2D eigenvalue weighted by molar-refractivity contribution is 0.586. The van der Waals surface area contributed by atoms with Gasteiger partial charge in [0.1, 0.15) is 0 Å². The van der Waals surface area contributed by atoms with E-state index in [1.54, 1.807) is 18.8 Å². The third-order valence-electron chi connectivity index (χ3n) is 3.35. The van der Waals surface area contributed by atoms with E-state index in [4.69, 9.17) is 0 Å². The number of aromatic amines is 1. The second-order valence-electron chi connectivity index (χ2n) is 4.87. The number of aryl methyl sites for hydroxylation is 1. The highest BCUT2D eigenvalue weighted by atomic mass is 32.2. The van der Waals surface area contributed by atoms with E-state index in [-0.39, 0.29) is 17.0 Å². The molecule has 2 aromatic rings. The van der Waals surface area contributed by atoms with Gasteiger partial charge in [-0.2, -0.15) is 0 Å². The van der Waals surface area contributed by atoms with Gasteiger partial charge in [-0.05, 0) is 19.5 Å². The molecule has 0 amide bonds. The van der Waals surface area contributed by atoms with Crippen molar-refractivity contribution in [2.45, 2.75) is 30.3 Å². The SMILES string of the molecule is CNC(c1ccc(C)cc1)C(C)Sc1n[nH]c(=O)n1C. The molecule has 0 aliphatic rings. The fraction of sp³-hybridized carbons (Fsp3) is 0.429. The first kappa shape index (κ1) is 14.9. The smallest absolute Gasteiger partial charge is 0.312 e. The number of H-pyrrole nitrogens is 1. The molecule has 20 heavy (non-hydrogen) atoms. The molecule has 0 radical (unpaired) electrons. The number of aromatic nitrogens is 3. The van der Waals surface area contributed by atoms with E-state index >= 15 is 0 Å². The van der Waals surface area contributed by atoms with Gasteiger partial charge in [0.15, 0.2) is 5.16 Å². The van der Waals surface area contributed by atoms with Gasteiger partial charge in [-0.1, -0.05) is 48.5 Å². The highest BCUT2D eigenvalue weighted by Gasteiger charge is 2.20. The number of hydrogen-bond donors (Lipinski definition) is 2. The molecule has 0 bridgehead atoms. The van der Waals surface area contributed by atoms with E-state index in [0.29, 0.717) is 5.16 Å². The lowest BCUT2D eigenvalue weighted by atomic mass is 10.0. The van der Waals surface area contributed by atoms with Crippen molar-refractivity contribution in [1.29, 1.82) is 0 Å². The Morgan fingerprint density at radius 3 is 2.50 bits per heavy atom. The van der Waals surface area contributed by atoms with E-state index in [2.05, 4.69) is 53.6 Å². The van der Waals surface area contributed by atoms with Gasteiger partial charge in [0.25, 0.3) is 0 Å². The Morgan fingerprint density at radius 2 is 2.00 bits per heavy atom. The van der Waals surface area contributed by atoms with Crippen molar-refractivity contribution in [2.75, 3.05) is 7.05 Å². The Balaban J connectivity index is 2.17. The Hall–Kier alpha value is -1.53. The van der Waals surface area contributed by atoms with Crippen LogP contribution in [0.2, 0.25) is 0 Å². The van der Waals surface area contributed by atoms with Crippen LogP contribution in [0.3, 0.4) is 0 Å². The van der Waals surface area contributed by atoms with Crippen LogP contribution in [0.1, 0.15) is 24.1 Å². The zero-order valence-corrected chi connectivity index (χ0v) is 13.0. The Morgan fingerprint density at radius 1 is 1.35 bits per heavy atom. The van der Waals surface area contributed by atoms with Gasteiger partial charge in [0, 0.05) is 18.3 Å². The second-order valence-corrected chi connectivity index (χ2v) is 6.21. The molecular weight excluding hydrogens is 272 g/mol. The average Bonchev–Trinajstić information content (AvgIpc) is 2.74. The predicted molar refractivity (Wildman–Crippen MR) is 82.1 cm³/mol. The summed E-state index contributed by atoms with van der Waals surface area (Å²) in [5, 5.41) is 10.8. The average molecular weight is 292 g/mol. The molecule has 108 valence electrons. The minimum absolute atomic E-state index is 0.184. The van der Waals surface area contributed by atoms with E-state index in [9.17, 15) is 4.79 Å². The van der Waals surface area contributed by atoms with Crippen LogP contribution in [0, 0.1) is 6.92 Å². The molecule has 2 N–H and O–H groups in total. The van der Waals surface area contributed by atoms with E-state index < -0.39 is 0 Å². The summed E-state index contributed by atoms with van der Waals surface area (Å²) in [6.07, 6.45) is 0. The maximum absolute atomic E-state index is 11.4. The molecule has 6 heteroatoms. The number of thioether (sulfide) groups is 1. The maximum atomic E-state index is 11.4. The molecule has 0 saturated heterocycles. The predicted octanol–water partition coefficient (Wildman–Crippen LogP) is 1.86. The molecule has 0 aliphatic carbocycles. The van der Waals surface area contributed by atoms with Gasteiger partial charge in [-0.3, -0.25) is 4.57 Å². The standard InChI is InChI=1S/C14H20N4OS/c1-9-5-7-11(8-6-9)12(15-3)10(2)20-14-17-16-13(19)18(14)4/h5-8,10,12,15H,1-4H3,(H,16,19). The van der Waals surface area contributed by atoms with Gasteiger partial charge in [-0.15, -0.1) is 5.10 Å². The zero-order chi connectivity index (χ0) is 14.7. The van der Waals surface area contributed by atoms with Crippen molar-refractivity contribution in [3.8, 4) is 0 Å². The van der Waals surface area contributed by atoms with Gasteiger partial charge >= 0.3 is 5.69 Å². The van der Waals surface area contributed by atoms with Crippen molar-refractivity contribution in [1.82, 2.24) is 20.1 Å². The quantitative estimate of drug-likeness (QED) is 0.826. The zero-order valence-electron chi connectivity index (χ0n) is 12.2. The first-order valence-electron chi connectivity index (χ1n) is 6.54. The molecule has 5 nitrogen and oxygen atoms in total. The summed E-state index contributed by atoms with van der Waals surface area (Å²) in [6, 6.07) is 8.70. The van der Waals surface area contributed by atoms with E-state index in [1.165, 1.54) is 15.7 Å². The Kier molecular flexibility index (Phi) is 4.67. The van der Waals surface area contributed by atoms with Crippen LogP contribution < -0.4 is 11.0 Å². The second kappa shape index (κ2) is 6.28. The molecule has 2 unspecified atom stereocenters. The first-order chi connectivity index (χ1) is 9.52. The normalized spacial score (nSPS) is 14.2. The molecule has 1 heterocycles. The third kappa shape index (κ3) is 3.13. The topological polar surface area (TPSA) is 62.7 Å². The number of benzene rings is 1. The molecule has 2 atom stereocenters. The molecule has 0 aliphatic heterocycles. The summed E-state index contributed by atoms with van der Waals surface area (Å²) in [5.41, 5.74) is 2.30. The Bertz CT molecular complexity index is 617. The minimum atomic E-state index is -0.184. The molecule has 0 saturated carbocycles. The van der Waals surface area contributed by atoms with Crippen LogP contribution in [0.25, 0.3) is 0 Å². The summed E-state index contributed by atoms with van der Waals surface area (Å²) in [6.45, 7) is 4.21. The van der Waals surface area contributed by atoms with Crippen LogP contribution in [-0.2, 0) is 7.05 Å².